The number of methoxy groups -OCH3 is 2. The smallest absolute Gasteiger partial charge is 0.337 e. The van der Waals surface area contributed by atoms with Crippen molar-refractivity contribution >= 4 is 34.5 Å². The Balaban J connectivity index is 2.42. The fourth-order valence-corrected chi connectivity index (χ4v) is 3.31. The molecule has 0 saturated carbocycles. The molecule has 0 fully saturated rings. The third-order valence-electron chi connectivity index (χ3n) is 3.79. The SMILES string of the molecule is C#CCNC(=O)CSc1nc2cc(C(=O)OC)ccc2c(=O)n1CCCOC. The van der Waals surface area contributed by atoms with E-state index >= 15 is 0 Å². The van der Waals surface area contributed by atoms with Gasteiger partial charge in [-0.1, -0.05) is 17.7 Å². The topological polar surface area (TPSA) is 99.5 Å². The van der Waals surface area contributed by atoms with E-state index in [0.29, 0.717) is 41.2 Å². The fourth-order valence-electron chi connectivity index (χ4n) is 2.45. The van der Waals surface area contributed by atoms with Crippen molar-refractivity contribution in [1.82, 2.24) is 14.9 Å². The number of aromatic nitrogens is 2. The van der Waals surface area contributed by atoms with Gasteiger partial charge >= 0.3 is 5.97 Å². The highest BCUT2D eigenvalue weighted by Gasteiger charge is 2.15. The number of esters is 1. The first-order valence-electron chi connectivity index (χ1n) is 8.46. The largest absolute Gasteiger partial charge is 0.465 e. The molecule has 9 heteroatoms. The molecule has 1 heterocycles. The van der Waals surface area contributed by atoms with E-state index in [1.165, 1.54) is 23.8 Å². The van der Waals surface area contributed by atoms with Gasteiger partial charge in [-0.2, -0.15) is 0 Å². The number of benzene rings is 1. The summed E-state index contributed by atoms with van der Waals surface area (Å²) >= 11 is 1.13. The molecular weight excluding hydrogens is 382 g/mol. The lowest BCUT2D eigenvalue weighted by Gasteiger charge is -2.13. The summed E-state index contributed by atoms with van der Waals surface area (Å²) in [6, 6.07) is 4.58. The van der Waals surface area contributed by atoms with Crippen molar-refractivity contribution < 1.29 is 19.1 Å². The maximum Gasteiger partial charge on any atom is 0.337 e. The zero-order valence-electron chi connectivity index (χ0n) is 15.7. The fraction of sp³-hybridized carbons (Fsp3) is 0.368. The minimum atomic E-state index is -0.518. The quantitative estimate of drug-likeness (QED) is 0.220. The van der Waals surface area contributed by atoms with Crippen LogP contribution in [0.4, 0.5) is 0 Å². The number of amides is 1. The molecule has 0 radical (unpaired) electrons. The summed E-state index contributed by atoms with van der Waals surface area (Å²) in [5.74, 6) is 1.61. The van der Waals surface area contributed by atoms with E-state index in [9.17, 15) is 14.4 Å². The summed E-state index contributed by atoms with van der Waals surface area (Å²) in [4.78, 5) is 41.1. The molecule has 0 saturated heterocycles. The molecule has 0 aliphatic rings. The van der Waals surface area contributed by atoms with Crippen molar-refractivity contribution in [3.8, 4) is 12.3 Å². The molecule has 1 aromatic heterocycles. The summed E-state index contributed by atoms with van der Waals surface area (Å²) in [6.07, 6.45) is 5.74. The molecule has 0 aliphatic heterocycles. The van der Waals surface area contributed by atoms with E-state index in [0.717, 1.165) is 11.8 Å². The number of carbonyl (C=O) groups excluding carboxylic acids is 2. The Kier molecular flexibility index (Phi) is 8.04. The molecule has 0 unspecified atom stereocenters. The number of rotatable bonds is 9. The van der Waals surface area contributed by atoms with E-state index in [1.54, 1.807) is 13.2 Å². The second-order valence-electron chi connectivity index (χ2n) is 5.69. The van der Waals surface area contributed by atoms with Crippen LogP contribution in [0.25, 0.3) is 10.9 Å². The van der Waals surface area contributed by atoms with Crippen LogP contribution >= 0.6 is 11.8 Å². The number of hydrogen-bond acceptors (Lipinski definition) is 7. The van der Waals surface area contributed by atoms with Gasteiger partial charge in [0.2, 0.25) is 5.91 Å². The average Bonchev–Trinajstić information content (AvgIpc) is 2.71. The Bertz CT molecular complexity index is 964. The van der Waals surface area contributed by atoms with E-state index < -0.39 is 5.97 Å². The van der Waals surface area contributed by atoms with Gasteiger partial charge in [-0.15, -0.1) is 6.42 Å². The number of thioether (sulfide) groups is 1. The molecule has 0 bridgehead atoms. The van der Waals surface area contributed by atoms with Crippen molar-refractivity contribution in [1.29, 1.82) is 0 Å². The second kappa shape index (κ2) is 10.5. The molecule has 0 spiro atoms. The van der Waals surface area contributed by atoms with Crippen LogP contribution in [0.2, 0.25) is 0 Å². The van der Waals surface area contributed by atoms with Crippen LogP contribution in [0.5, 0.6) is 0 Å². The van der Waals surface area contributed by atoms with Crippen LogP contribution < -0.4 is 10.9 Å². The van der Waals surface area contributed by atoms with E-state index in [2.05, 4.69) is 16.2 Å². The molecule has 2 rings (SSSR count). The molecule has 1 N–H and O–H groups in total. The Labute approximate surface area is 166 Å². The normalized spacial score (nSPS) is 10.5. The van der Waals surface area contributed by atoms with E-state index in [4.69, 9.17) is 15.9 Å². The molecule has 0 atom stereocenters. The highest BCUT2D eigenvalue weighted by atomic mass is 32.2. The zero-order valence-corrected chi connectivity index (χ0v) is 16.5. The Hall–Kier alpha value is -2.83. The number of carbonyl (C=O) groups is 2. The molecule has 148 valence electrons. The third kappa shape index (κ3) is 5.34. The Morgan fingerprint density at radius 3 is 2.82 bits per heavy atom. The lowest BCUT2D eigenvalue weighted by Crippen LogP contribution is -2.27. The molecule has 8 nitrogen and oxygen atoms in total. The maximum atomic E-state index is 12.9. The number of hydrogen-bond donors (Lipinski definition) is 1. The maximum absolute atomic E-state index is 12.9. The number of ether oxygens (including phenoxy) is 2. The monoisotopic (exact) mass is 403 g/mol. The summed E-state index contributed by atoms with van der Waals surface area (Å²) in [5, 5.41) is 3.33. The highest BCUT2D eigenvalue weighted by Crippen LogP contribution is 2.19. The number of terminal acetylenes is 1. The van der Waals surface area contributed by atoms with Gasteiger partial charge in [-0.05, 0) is 24.6 Å². The number of nitrogens with one attached hydrogen (secondary N) is 1. The van der Waals surface area contributed by atoms with E-state index in [1.807, 2.05) is 0 Å². The van der Waals surface area contributed by atoms with Gasteiger partial charge in [-0.3, -0.25) is 14.2 Å². The standard InChI is InChI=1S/C19H21N3O5S/c1-4-8-20-16(23)12-28-19-21-15-11-13(18(25)27-3)6-7-14(15)17(24)22(19)9-5-10-26-2/h1,6-7,11H,5,8-10,12H2,2-3H3,(H,20,23). The molecule has 1 amide bonds. The lowest BCUT2D eigenvalue weighted by atomic mass is 10.1. The van der Waals surface area contributed by atoms with Gasteiger partial charge in [0.15, 0.2) is 5.16 Å². The van der Waals surface area contributed by atoms with Crippen LogP contribution in [0.1, 0.15) is 16.8 Å². The third-order valence-corrected chi connectivity index (χ3v) is 4.77. The lowest BCUT2D eigenvalue weighted by molar-refractivity contribution is -0.118. The molecule has 1 aromatic carbocycles. The molecule has 0 aliphatic carbocycles. The first-order valence-corrected chi connectivity index (χ1v) is 9.45. The Morgan fingerprint density at radius 1 is 1.36 bits per heavy atom. The zero-order chi connectivity index (χ0) is 20.5. The number of nitrogens with zero attached hydrogens (tertiary/aromatic N) is 2. The van der Waals surface area contributed by atoms with Crippen molar-refractivity contribution in [2.24, 2.45) is 0 Å². The molecule has 2 aromatic rings. The van der Waals surface area contributed by atoms with Gasteiger partial charge in [0.25, 0.3) is 5.56 Å². The summed E-state index contributed by atoms with van der Waals surface area (Å²) < 4.78 is 11.3. The minimum Gasteiger partial charge on any atom is -0.465 e. The highest BCUT2D eigenvalue weighted by molar-refractivity contribution is 7.99. The minimum absolute atomic E-state index is 0.0561. The van der Waals surface area contributed by atoms with Crippen LogP contribution in [-0.4, -0.2) is 54.6 Å². The van der Waals surface area contributed by atoms with Crippen molar-refractivity contribution in [2.75, 3.05) is 33.1 Å². The first-order chi connectivity index (χ1) is 13.5. The van der Waals surface area contributed by atoms with Gasteiger partial charge in [0.05, 0.1) is 35.9 Å². The summed E-state index contributed by atoms with van der Waals surface area (Å²) in [7, 11) is 2.87. The first kappa shape index (κ1) is 21.5. The predicted molar refractivity (Wildman–Crippen MR) is 106 cm³/mol. The Morgan fingerprint density at radius 2 is 2.14 bits per heavy atom. The van der Waals surface area contributed by atoms with Crippen LogP contribution in [0, 0.1) is 12.3 Å². The molecular formula is C19H21N3O5S. The second-order valence-corrected chi connectivity index (χ2v) is 6.63. The van der Waals surface area contributed by atoms with Crippen LogP contribution in [0.15, 0.2) is 28.2 Å². The van der Waals surface area contributed by atoms with Crippen LogP contribution in [0.3, 0.4) is 0 Å². The van der Waals surface area contributed by atoms with Gasteiger partial charge < -0.3 is 14.8 Å². The van der Waals surface area contributed by atoms with Gasteiger partial charge in [-0.25, -0.2) is 9.78 Å². The summed E-state index contributed by atoms with van der Waals surface area (Å²) in [5.41, 5.74) is 0.410. The number of fused-ring (bicyclic) bond motifs is 1. The van der Waals surface area contributed by atoms with E-state index in [-0.39, 0.29) is 23.8 Å². The van der Waals surface area contributed by atoms with Gasteiger partial charge in [0, 0.05) is 20.3 Å². The van der Waals surface area contributed by atoms with Crippen molar-refractivity contribution in [2.45, 2.75) is 18.1 Å². The van der Waals surface area contributed by atoms with Crippen molar-refractivity contribution in [3.05, 3.63) is 34.1 Å². The van der Waals surface area contributed by atoms with Gasteiger partial charge in [0.1, 0.15) is 0 Å². The van der Waals surface area contributed by atoms with Crippen LogP contribution in [-0.2, 0) is 20.8 Å². The average molecular weight is 403 g/mol. The van der Waals surface area contributed by atoms with Crippen molar-refractivity contribution in [3.63, 3.8) is 0 Å². The molecule has 28 heavy (non-hydrogen) atoms. The predicted octanol–water partition coefficient (Wildman–Crippen LogP) is 1.06. The summed E-state index contributed by atoms with van der Waals surface area (Å²) in [6.45, 7) is 1.01.